The van der Waals surface area contributed by atoms with Gasteiger partial charge in [-0.15, -0.1) is 0 Å². The molecule has 39 heavy (non-hydrogen) atoms. The average molecular weight is 533 g/mol. The first kappa shape index (κ1) is 28.7. The minimum atomic E-state index is -0.964. The number of hydrogen-bond donors (Lipinski definition) is 0. The molecule has 3 aromatic rings. The van der Waals surface area contributed by atoms with E-state index in [9.17, 15) is 8.78 Å². The van der Waals surface area contributed by atoms with Gasteiger partial charge in [0.05, 0.1) is 6.61 Å². The second kappa shape index (κ2) is 14.2. The topological polar surface area (TPSA) is 9.23 Å². The summed E-state index contributed by atoms with van der Waals surface area (Å²) >= 11 is 0. The summed E-state index contributed by atoms with van der Waals surface area (Å²) < 4.78 is 50.2. The van der Waals surface area contributed by atoms with Crippen molar-refractivity contribution in [3.63, 3.8) is 0 Å². The van der Waals surface area contributed by atoms with Gasteiger partial charge in [0.1, 0.15) is 5.82 Å². The molecule has 1 nitrogen and oxygen atoms in total. The van der Waals surface area contributed by atoms with Crippen molar-refractivity contribution in [2.45, 2.75) is 71.6 Å². The van der Waals surface area contributed by atoms with Crippen LogP contribution in [0.25, 0.3) is 27.8 Å². The van der Waals surface area contributed by atoms with Gasteiger partial charge in [0.15, 0.2) is 11.6 Å². The predicted octanol–water partition coefficient (Wildman–Crippen LogP) is 10.9. The minimum Gasteiger partial charge on any atom is -0.490 e. The molecular weight excluding hydrogens is 493 g/mol. The normalized spacial score (nSPS) is 15.5. The van der Waals surface area contributed by atoms with E-state index in [1.807, 2.05) is 31.2 Å². The van der Waals surface area contributed by atoms with Crippen LogP contribution in [-0.4, -0.2) is 6.61 Å². The van der Waals surface area contributed by atoms with Crippen molar-refractivity contribution in [2.75, 3.05) is 6.61 Å². The molecule has 206 valence electrons. The maximum atomic E-state index is 15.1. The van der Waals surface area contributed by atoms with Gasteiger partial charge in [0.2, 0.25) is 5.82 Å². The monoisotopic (exact) mass is 532 g/mol. The van der Waals surface area contributed by atoms with Gasteiger partial charge in [-0.3, -0.25) is 0 Å². The molecule has 0 amide bonds. The van der Waals surface area contributed by atoms with Crippen LogP contribution >= 0.6 is 0 Å². The lowest BCUT2D eigenvalue weighted by Gasteiger charge is -2.20. The number of hydrogen-bond acceptors (Lipinski definition) is 1. The van der Waals surface area contributed by atoms with E-state index >= 15 is 4.39 Å². The molecule has 0 heterocycles. The molecule has 0 spiro atoms. The lowest BCUT2D eigenvalue weighted by atomic mass is 9.86. The second-order valence-corrected chi connectivity index (χ2v) is 10.4. The smallest absolute Gasteiger partial charge is 0.201 e. The van der Waals surface area contributed by atoms with E-state index in [1.165, 1.54) is 25.3 Å². The summed E-state index contributed by atoms with van der Waals surface area (Å²) in [5, 5.41) is 0. The maximum Gasteiger partial charge on any atom is 0.201 e. The number of halogens is 3. The summed E-state index contributed by atoms with van der Waals surface area (Å²) in [7, 11) is 0. The van der Waals surface area contributed by atoms with Crippen molar-refractivity contribution < 1.29 is 17.9 Å². The molecule has 1 aliphatic carbocycles. The van der Waals surface area contributed by atoms with Crippen molar-refractivity contribution in [2.24, 2.45) is 5.92 Å². The molecule has 0 aliphatic heterocycles. The molecule has 0 saturated heterocycles. The highest BCUT2D eigenvalue weighted by molar-refractivity contribution is 5.74. The van der Waals surface area contributed by atoms with Gasteiger partial charge >= 0.3 is 0 Å². The number of rotatable bonds is 12. The van der Waals surface area contributed by atoms with Crippen LogP contribution in [0.15, 0.2) is 72.8 Å². The molecule has 1 unspecified atom stereocenters. The van der Waals surface area contributed by atoms with Crippen LogP contribution in [0.3, 0.4) is 0 Å². The first-order valence-electron chi connectivity index (χ1n) is 14.3. The molecule has 0 aromatic heterocycles. The second-order valence-electron chi connectivity index (χ2n) is 10.4. The van der Waals surface area contributed by atoms with E-state index in [4.69, 9.17) is 4.74 Å². The van der Waals surface area contributed by atoms with Crippen molar-refractivity contribution in [1.29, 1.82) is 0 Å². The van der Waals surface area contributed by atoms with Gasteiger partial charge in [-0.05, 0) is 79.0 Å². The summed E-state index contributed by atoms with van der Waals surface area (Å²) in [6.45, 7) is 4.58. The summed E-state index contributed by atoms with van der Waals surface area (Å²) in [5.41, 5.74) is 4.01. The Labute approximate surface area is 231 Å². The van der Waals surface area contributed by atoms with E-state index < -0.39 is 11.6 Å². The molecule has 4 heteroatoms. The highest BCUT2D eigenvalue weighted by atomic mass is 19.2. The molecule has 1 atom stereocenters. The molecule has 1 aliphatic rings. The van der Waals surface area contributed by atoms with Crippen LogP contribution < -0.4 is 4.74 Å². The third-order valence-electron chi connectivity index (χ3n) is 7.56. The van der Waals surface area contributed by atoms with Gasteiger partial charge in [-0.2, -0.15) is 4.39 Å². The van der Waals surface area contributed by atoms with Crippen LogP contribution in [0.1, 0.15) is 77.2 Å². The highest BCUT2D eigenvalue weighted by Gasteiger charge is 2.18. The van der Waals surface area contributed by atoms with E-state index in [-0.39, 0.29) is 17.1 Å². The highest BCUT2D eigenvalue weighted by Crippen LogP contribution is 2.35. The van der Waals surface area contributed by atoms with Gasteiger partial charge in [0.25, 0.3) is 0 Å². The number of allylic oxidation sites excluding steroid dienone is 4. The Morgan fingerprint density at radius 3 is 2.18 bits per heavy atom. The molecule has 0 bridgehead atoms. The van der Waals surface area contributed by atoms with Gasteiger partial charge in [-0.1, -0.05) is 93.7 Å². The SMILES string of the molecule is CC=CC1CC=C(c2ccc(-c3ccc(-c4ccc(OCCCCCCCC)c(F)c4F)cc3)cc2F)CC1. The van der Waals surface area contributed by atoms with Gasteiger partial charge < -0.3 is 4.74 Å². The number of unbranched alkanes of at least 4 members (excludes halogenated alkanes) is 5. The largest absolute Gasteiger partial charge is 0.490 e. The molecule has 3 aromatic carbocycles. The standard InChI is InChI=1S/C35H39F3O/c1-3-5-6-7-8-9-23-39-33-22-21-31(34(37)35(33)38)28-17-15-26(16-18-28)29-19-20-30(32(36)24-29)27-13-11-25(10-4-2)12-14-27/h4,10,13,15-22,24-25H,3,5-9,11-12,14,23H2,1-2H3. The lowest BCUT2D eigenvalue weighted by Crippen LogP contribution is -2.03. The fourth-order valence-electron chi connectivity index (χ4n) is 5.27. The quantitative estimate of drug-likeness (QED) is 0.166. The fraction of sp³-hybridized carbons (Fsp3) is 0.371. The number of benzene rings is 3. The summed E-state index contributed by atoms with van der Waals surface area (Å²) in [6.07, 6.45) is 15.9. The minimum absolute atomic E-state index is 0.0533. The summed E-state index contributed by atoms with van der Waals surface area (Å²) in [4.78, 5) is 0. The predicted molar refractivity (Wildman–Crippen MR) is 156 cm³/mol. The lowest BCUT2D eigenvalue weighted by molar-refractivity contribution is 0.285. The summed E-state index contributed by atoms with van der Waals surface area (Å²) in [5.74, 6) is -1.64. The average Bonchev–Trinajstić information content (AvgIpc) is 2.95. The Morgan fingerprint density at radius 1 is 0.795 bits per heavy atom. The van der Waals surface area contributed by atoms with Crippen LogP contribution in [0.5, 0.6) is 5.75 Å². The van der Waals surface area contributed by atoms with E-state index in [0.717, 1.165) is 55.2 Å². The Balaban J connectivity index is 1.41. The van der Waals surface area contributed by atoms with Crippen LogP contribution in [0.2, 0.25) is 0 Å². The Hall–Kier alpha value is -3.27. The fourth-order valence-corrected chi connectivity index (χ4v) is 5.27. The van der Waals surface area contributed by atoms with E-state index in [2.05, 4.69) is 25.2 Å². The van der Waals surface area contributed by atoms with E-state index in [1.54, 1.807) is 24.3 Å². The zero-order valence-corrected chi connectivity index (χ0v) is 23.1. The zero-order chi connectivity index (χ0) is 27.6. The van der Waals surface area contributed by atoms with Crippen LogP contribution in [0, 0.1) is 23.4 Å². The Kier molecular flexibility index (Phi) is 10.5. The van der Waals surface area contributed by atoms with E-state index in [0.29, 0.717) is 23.7 Å². The maximum absolute atomic E-state index is 15.1. The zero-order valence-electron chi connectivity index (χ0n) is 23.1. The first-order chi connectivity index (χ1) is 19.0. The van der Waals surface area contributed by atoms with Crippen LogP contribution in [-0.2, 0) is 0 Å². The summed E-state index contributed by atoms with van der Waals surface area (Å²) in [6, 6.07) is 15.5. The Bertz CT molecular complexity index is 1290. The molecular formula is C35H39F3O. The van der Waals surface area contributed by atoms with Crippen molar-refractivity contribution in [3.05, 3.63) is 95.8 Å². The van der Waals surface area contributed by atoms with Crippen LogP contribution in [0.4, 0.5) is 13.2 Å². The number of ether oxygens (including phenoxy) is 1. The van der Waals surface area contributed by atoms with Gasteiger partial charge in [0, 0.05) is 11.1 Å². The molecule has 4 rings (SSSR count). The molecule has 0 fully saturated rings. The molecule has 0 saturated carbocycles. The van der Waals surface area contributed by atoms with Crippen molar-refractivity contribution >= 4 is 5.57 Å². The third-order valence-corrected chi connectivity index (χ3v) is 7.56. The van der Waals surface area contributed by atoms with Crippen molar-refractivity contribution in [1.82, 2.24) is 0 Å². The Morgan fingerprint density at radius 2 is 1.49 bits per heavy atom. The molecule has 0 radical (unpaired) electrons. The molecule has 0 N–H and O–H groups in total. The first-order valence-corrected chi connectivity index (χ1v) is 14.3. The third kappa shape index (κ3) is 7.44. The van der Waals surface area contributed by atoms with Gasteiger partial charge in [-0.25, -0.2) is 8.78 Å². The van der Waals surface area contributed by atoms with Crippen molar-refractivity contribution in [3.8, 4) is 28.0 Å².